The summed E-state index contributed by atoms with van der Waals surface area (Å²) in [5, 5.41) is 9.53. The SMILES string of the molecule is CCCCCCCCCCCCCC(=O)NC(CNCCC(CCCCCCC)OCc1ccc(OC)cc1)CO[Si](c1ccccc1)(c1ccccc1)C(C)(C)C. The lowest BCUT2D eigenvalue weighted by molar-refractivity contribution is -0.122. The second-order valence-corrected chi connectivity index (χ2v) is 21.8. The number of carbonyl (C=O) groups excluding carboxylic acids is 1. The van der Waals surface area contributed by atoms with Crippen molar-refractivity contribution in [2.75, 3.05) is 26.8 Å². The van der Waals surface area contributed by atoms with Crippen LogP contribution < -0.4 is 25.7 Å². The molecule has 6 nitrogen and oxygen atoms in total. The summed E-state index contributed by atoms with van der Waals surface area (Å²) in [5.41, 5.74) is 1.16. The fraction of sp³-hybridized carbons (Fsp3) is 0.627. The van der Waals surface area contributed by atoms with Crippen LogP contribution in [-0.2, 0) is 20.6 Å². The van der Waals surface area contributed by atoms with Gasteiger partial charge < -0.3 is 24.5 Å². The summed E-state index contributed by atoms with van der Waals surface area (Å²) in [7, 11) is -1.07. The van der Waals surface area contributed by atoms with E-state index in [1.165, 1.54) is 100 Å². The number of nitrogens with one attached hydrogen (secondary N) is 2. The standard InChI is InChI=1S/C51H82N2O4Si/c1-7-9-11-13-14-15-16-17-18-20-28-34-50(54)53-45(43-57-58(51(3,4)5,48-30-24-21-25-31-48)49-32-26-22-27-33-49)41-52-40-39-47(29-23-19-12-10-8-2)56-42-44-35-37-46(55-6)38-36-44/h21-22,24-27,30-33,35-38,45,47,52H,7-20,23,28-29,34,39-43H2,1-6H3,(H,53,54). The number of hydrogen-bond donors (Lipinski definition) is 2. The third-order valence-electron chi connectivity index (χ3n) is 11.6. The molecule has 0 heterocycles. The molecule has 0 aliphatic carbocycles. The minimum absolute atomic E-state index is 0.126. The topological polar surface area (TPSA) is 68.8 Å². The summed E-state index contributed by atoms with van der Waals surface area (Å²) >= 11 is 0. The molecule has 0 aliphatic rings. The Hall–Kier alpha value is -2.97. The molecule has 3 rings (SSSR count). The van der Waals surface area contributed by atoms with E-state index in [0.717, 1.165) is 43.5 Å². The quantitative estimate of drug-likeness (QED) is 0.0473. The van der Waals surface area contributed by atoms with Gasteiger partial charge in [0.05, 0.1) is 32.5 Å². The number of ether oxygens (including phenoxy) is 2. The van der Waals surface area contributed by atoms with Crippen LogP contribution in [0.25, 0.3) is 0 Å². The van der Waals surface area contributed by atoms with Gasteiger partial charge in [0.1, 0.15) is 5.75 Å². The Kier molecular flexibility index (Phi) is 24.9. The van der Waals surface area contributed by atoms with Crippen molar-refractivity contribution >= 4 is 24.6 Å². The molecule has 2 atom stereocenters. The smallest absolute Gasteiger partial charge is 0.261 e. The number of hydrogen-bond acceptors (Lipinski definition) is 5. The minimum atomic E-state index is -2.77. The predicted molar refractivity (Wildman–Crippen MR) is 249 cm³/mol. The highest BCUT2D eigenvalue weighted by Crippen LogP contribution is 2.36. The van der Waals surface area contributed by atoms with Crippen molar-refractivity contribution in [2.45, 2.75) is 180 Å². The first kappa shape index (κ1) is 49.4. The van der Waals surface area contributed by atoms with Gasteiger partial charge in [0.25, 0.3) is 8.32 Å². The van der Waals surface area contributed by atoms with E-state index < -0.39 is 8.32 Å². The molecule has 324 valence electrons. The van der Waals surface area contributed by atoms with Gasteiger partial charge in [0.2, 0.25) is 5.91 Å². The van der Waals surface area contributed by atoms with Gasteiger partial charge in [-0.25, -0.2) is 0 Å². The van der Waals surface area contributed by atoms with Crippen LogP contribution in [0.3, 0.4) is 0 Å². The Balaban J connectivity index is 1.66. The molecule has 3 aromatic rings. The van der Waals surface area contributed by atoms with Gasteiger partial charge >= 0.3 is 0 Å². The molecular weight excluding hydrogens is 733 g/mol. The molecule has 2 N–H and O–H groups in total. The molecule has 7 heteroatoms. The highest BCUT2D eigenvalue weighted by Gasteiger charge is 2.50. The maximum atomic E-state index is 13.6. The molecule has 0 saturated carbocycles. The van der Waals surface area contributed by atoms with Gasteiger partial charge in [-0.15, -0.1) is 0 Å². The molecule has 58 heavy (non-hydrogen) atoms. The lowest BCUT2D eigenvalue weighted by Gasteiger charge is -2.43. The zero-order valence-electron chi connectivity index (χ0n) is 37.6. The predicted octanol–water partition coefficient (Wildman–Crippen LogP) is 11.7. The maximum absolute atomic E-state index is 13.6. The average molecular weight is 815 g/mol. The number of carbonyl (C=O) groups is 1. The van der Waals surface area contributed by atoms with Crippen molar-refractivity contribution in [3.63, 3.8) is 0 Å². The van der Waals surface area contributed by atoms with Crippen molar-refractivity contribution < 1.29 is 18.7 Å². The van der Waals surface area contributed by atoms with Crippen LogP contribution >= 0.6 is 0 Å². The van der Waals surface area contributed by atoms with Crippen molar-refractivity contribution in [3.8, 4) is 5.75 Å². The highest BCUT2D eigenvalue weighted by molar-refractivity contribution is 6.99. The van der Waals surface area contributed by atoms with Gasteiger partial charge in [0, 0.05) is 13.0 Å². The molecule has 0 bridgehead atoms. The molecule has 2 unspecified atom stereocenters. The summed E-state index contributed by atoms with van der Waals surface area (Å²) in [4.78, 5) is 13.6. The zero-order chi connectivity index (χ0) is 41.7. The lowest BCUT2D eigenvalue weighted by atomic mass is 10.1. The number of methoxy groups -OCH3 is 1. The highest BCUT2D eigenvalue weighted by atomic mass is 28.4. The van der Waals surface area contributed by atoms with Crippen molar-refractivity contribution in [2.24, 2.45) is 0 Å². The molecule has 1 amide bonds. The van der Waals surface area contributed by atoms with E-state index in [4.69, 9.17) is 13.9 Å². The monoisotopic (exact) mass is 815 g/mol. The molecular formula is C51H82N2O4Si. The van der Waals surface area contributed by atoms with Crippen LogP contribution in [0.4, 0.5) is 0 Å². The summed E-state index contributed by atoms with van der Waals surface area (Å²) in [6, 6.07) is 29.6. The van der Waals surface area contributed by atoms with E-state index in [1.807, 2.05) is 12.1 Å². The van der Waals surface area contributed by atoms with Gasteiger partial charge in [-0.1, -0.05) is 204 Å². The van der Waals surface area contributed by atoms with Gasteiger partial charge in [-0.3, -0.25) is 4.79 Å². The van der Waals surface area contributed by atoms with Gasteiger partial charge in [-0.05, 0) is 58.9 Å². The Labute approximate surface area is 356 Å². The zero-order valence-corrected chi connectivity index (χ0v) is 38.6. The van der Waals surface area contributed by atoms with Crippen LogP contribution in [0.1, 0.15) is 162 Å². The first-order valence-electron chi connectivity index (χ1n) is 23.2. The lowest BCUT2D eigenvalue weighted by Crippen LogP contribution is -2.67. The van der Waals surface area contributed by atoms with E-state index in [2.05, 4.69) is 118 Å². The summed E-state index contributed by atoms with van der Waals surface area (Å²) in [6.07, 6.45) is 22.9. The minimum Gasteiger partial charge on any atom is -0.497 e. The van der Waals surface area contributed by atoms with Crippen LogP contribution in [0.5, 0.6) is 5.75 Å². The van der Waals surface area contributed by atoms with Gasteiger partial charge in [-0.2, -0.15) is 0 Å². The number of rotatable bonds is 33. The Morgan fingerprint density at radius 3 is 1.69 bits per heavy atom. The maximum Gasteiger partial charge on any atom is 0.261 e. The molecule has 0 radical (unpaired) electrons. The first-order valence-corrected chi connectivity index (χ1v) is 25.1. The van der Waals surface area contributed by atoms with Crippen molar-refractivity contribution in [1.29, 1.82) is 0 Å². The molecule has 3 aromatic carbocycles. The Bertz CT molecular complexity index is 1410. The molecule has 0 aliphatic heterocycles. The molecule has 0 fully saturated rings. The molecule has 0 aromatic heterocycles. The third kappa shape index (κ3) is 18.5. The molecule has 0 spiro atoms. The molecule has 0 saturated heterocycles. The number of amides is 1. The largest absolute Gasteiger partial charge is 0.497 e. The third-order valence-corrected chi connectivity index (χ3v) is 16.6. The van der Waals surface area contributed by atoms with E-state index in [-0.39, 0.29) is 23.1 Å². The van der Waals surface area contributed by atoms with Crippen LogP contribution in [-0.4, -0.2) is 53.2 Å². The van der Waals surface area contributed by atoms with Crippen molar-refractivity contribution in [1.82, 2.24) is 10.6 Å². The second kappa shape index (κ2) is 29.3. The summed E-state index contributed by atoms with van der Waals surface area (Å²) in [5.74, 6) is 0.987. The van der Waals surface area contributed by atoms with Crippen molar-refractivity contribution in [3.05, 3.63) is 90.5 Å². The number of benzene rings is 3. The van der Waals surface area contributed by atoms with Gasteiger partial charge in [0.15, 0.2) is 0 Å². The van der Waals surface area contributed by atoms with E-state index in [0.29, 0.717) is 26.2 Å². The number of unbranched alkanes of at least 4 members (excludes halogenated alkanes) is 14. The normalized spacial score (nSPS) is 13.0. The Morgan fingerprint density at radius 2 is 1.17 bits per heavy atom. The van der Waals surface area contributed by atoms with Crippen LogP contribution in [0.2, 0.25) is 5.04 Å². The van der Waals surface area contributed by atoms with E-state index in [9.17, 15) is 4.79 Å². The summed E-state index contributed by atoms with van der Waals surface area (Å²) in [6.45, 7) is 14.0. The fourth-order valence-corrected chi connectivity index (χ4v) is 12.8. The van der Waals surface area contributed by atoms with E-state index in [1.54, 1.807) is 7.11 Å². The van der Waals surface area contributed by atoms with E-state index >= 15 is 0 Å². The van der Waals surface area contributed by atoms with Crippen LogP contribution in [0.15, 0.2) is 84.9 Å². The Morgan fingerprint density at radius 1 is 0.655 bits per heavy atom. The second-order valence-electron chi connectivity index (χ2n) is 17.5. The fourth-order valence-electron chi connectivity index (χ4n) is 8.15. The average Bonchev–Trinajstić information content (AvgIpc) is 3.23. The summed E-state index contributed by atoms with van der Waals surface area (Å²) < 4.78 is 19.3. The first-order chi connectivity index (χ1) is 28.2. The van der Waals surface area contributed by atoms with Crippen LogP contribution in [0, 0.1) is 0 Å².